The second kappa shape index (κ2) is 7.23. The summed E-state index contributed by atoms with van der Waals surface area (Å²) in [6.45, 7) is 4.16. The number of hydrogen-bond acceptors (Lipinski definition) is 5. The molecule has 0 aliphatic heterocycles. The molecule has 0 aliphatic rings. The minimum absolute atomic E-state index is 0.187. The average Bonchev–Trinajstić information content (AvgIpc) is 2.56. The molecule has 1 aromatic heterocycles. The molecule has 134 valence electrons. The number of aromatic nitrogens is 1. The van der Waals surface area contributed by atoms with E-state index in [1.165, 1.54) is 24.3 Å². The Morgan fingerprint density at radius 3 is 2.32 bits per heavy atom. The van der Waals surface area contributed by atoms with Crippen molar-refractivity contribution in [1.29, 1.82) is 0 Å². The van der Waals surface area contributed by atoms with E-state index < -0.39 is 9.84 Å². The molecule has 0 atom stereocenters. The van der Waals surface area contributed by atoms with Crippen LogP contribution in [0.15, 0.2) is 35.4 Å². The standard InChI is InChI=1S/C18H22N2O4S/c1-12-10-19-16(13(2)17(12)24-4)11-20(3)18(21)14-6-8-15(9-7-14)25(5,22)23/h6-10H,11H2,1-5H3. The van der Waals surface area contributed by atoms with Crippen molar-refractivity contribution in [2.75, 3.05) is 20.4 Å². The van der Waals surface area contributed by atoms with Crippen molar-refractivity contribution < 1.29 is 17.9 Å². The third-order valence-electron chi connectivity index (χ3n) is 4.01. The monoisotopic (exact) mass is 362 g/mol. The number of nitrogens with zero attached hydrogens (tertiary/aromatic N) is 2. The van der Waals surface area contributed by atoms with Crippen LogP contribution in [0.2, 0.25) is 0 Å². The van der Waals surface area contributed by atoms with Gasteiger partial charge in [0.15, 0.2) is 9.84 Å². The highest BCUT2D eigenvalue weighted by Gasteiger charge is 2.17. The van der Waals surface area contributed by atoms with Gasteiger partial charge in [-0.2, -0.15) is 0 Å². The zero-order chi connectivity index (χ0) is 18.8. The Kier molecular flexibility index (Phi) is 5.47. The fraction of sp³-hybridized carbons (Fsp3) is 0.333. The molecule has 1 heterocycles. The first-order valence-corrected chi connectivity index (χ1v) is 9.59. The van der Waals surface area contributed by atoms with Gasteiger partial charge in [0.05, 0.1) is 24.2 Å². The summed E-state index contributed by atoms with van der Waals surface area (Å²) in [6.07, 6.45) is 2.86. The van der Waals surface area contributed by atoms with Gasteiger partial charge >= 0.3 is 0 Å². The summed E-state index contributed by atoms with van der Waals surface area (Å²) in [5, 5.41) is 0. The first-order valence-electron chi connectivity index (χ1n) is 7.69. The summed E-state index contributed by atoms with van der Waals surface area (Å²) in [7, 11) is 0.00897. The molecule has 0 bridgehead atoms. The van der Waals surface area contributed by atoms with Crippen LogP contribution in [0.1, 0.15) is 27.2 Å². The van der Waals surface area contributed by atoms with Gasteiger partial charge in [0.25, 0.3) is 5.91 Å². The highest BCUT2D eigenvalue weighted by Crippen LogP contribution is 2.24. The molecule has 0 radical (unpaired) electrons. The van der Waals surface area contributed by atoms with Gasteiger partial charge in [-0.15, -0.1) is 0 Å². The van der Waals surface area contributed by atoms with Gasteiger partial charge in [-0.1, -0.05) is 0 Å². The molecule has 1 amide bonds. The van der Waals surface area contributed by atoms with E-state index in [-0.39, 0.29) is 10.8 Å². The van der Waals surface area contributed by atoms with Gasteiger partial charge in [0, 0.05) is 36.2 Å². The maximum absolute atomic E-state index is 12.6. The van der Waals surface area contributed by atoms with Crippen molar-refractivity contribution in [3.8, 4) is 5.75 Å². The van der Waals surface area contributed by atoms with Crippen LogP contribution in [-0.4, -0.2) is 44.6 Å². The lowest BCUT2D eigenvalue weighted by molar-refractivity contribution is 0.0783. The van der Waals surface area contributed by atoms with E-state index in [1.807, 2.05) is 13.8 Å². The topological polar surface area (TPSA) is 76.6 Å². The number of benzene rings is 1. The van der Waals surface area contributed by atoms with Gasteiger partial charge in [-0.3, -0.25) is 9.78 Å². The van der Waals surface area contributed by atoms with Crippen LogP contribution in [0.25, 0.3) is 0 Å². The zero-order valence-electron chi connectivity index (χ0n) is 15.0. The number of carbonyl (C=O) groups is 1. The quantitative estimate of drug-likeness (QED) is 0.816. The normalized spacial score (nSPS) is 11.2. The minimum atomic E-state index is -3.28. The molecule has 0 fully saturated rings. The number of hydrogen-bond donors (Lipinski definition) is 0. The van der Waals surface area contributed by atoms with Crippen LogP contribution in [0.5, 0.6) is 5.75 Å². The molecule has 7 heteroatoms. The lowest BCUT2D eigenvalue weighted by atomic mass is 10.1. The van der Waals surface area contributed by atoms with E-state index >= 15 is 0 Å². The average molecular weight is 362 g/mol. The molecule has 0 N–H and O–H groups in total. The van der Waals surface area contributed by atoms with Crippen LogP contribution in [0.4, 0.5) is 0 Å². The zero-order valence-corrected chi connectivity index (χ0v) is 15.8. The lowest BCUT2D eigenvalue weighted by Crippen LogP contribution is -2.27. The molecule has 0 saturated heterocycles. The molecule has 0 saturated carbocycles. The van der Waals surface area contributed by atoms with Crippen molar-refractivity contribution in [3.05, 3.63) is 52.8 Å². The van der Waals surface area contributed by atoms with Gasteiger partial charge in [-0.25, -0.2) is 8.42 Å². The van der Waals surface area contributed by atoms with Crippen molar-refractivity contribution >= 4 is 15.7 Å². The number of sulfone groups is 1. The van der Waals surface area contributed by atoms with Gasteiger partial charge < -0.3 is 9.64 Å². The Balaban J connectivity index is 2.21. The van der Waals surface area contributed by atoms with Crippen LogP contribution in [0.3, 0.4) is 0 Å². The van der Waals surface area contributed by atoms with Crippen LogP contribution < -0.4 is 4.74 Å². The number of rotatable bonds is 5. The molecule has 0 aliphatic carbocycles. The molecule has 2 rings (SSSR count). The summed E-state index contributed by atoms with van der Waals surface area (Å²) in [5.41, 5.74) is 3.02. The number of methoxy groups -OCH3 is 1. The lowest BCUT2D eigenvalue weighted by Gasteiger charge is -2.19. The van der Waals surface area contributed by atoms with Crippen LogP contribution >= 0.6 is 0 Å². The molecule has 0 unspecified atom stereocenters. The Bertz CT molecular complexity index is 890. The number of ether oxygens (including phenoxy) is 1. The summed E-state index contributed by atoms with van der Waals surface area (Å²) in [5.74, 6) is 0.559. The first kappa shape index (κ1) is 18.9. The molecule has 25 heavy (non-hydrogen) atoms. The molecule has 6 nitrogen and oxygen atoms in total. The fourth-order valence-electron chi connectivity index (χ4n) is 2.59. The van der Waals surface area contributed by atoms with Gasteiger partial charge in [0.2, 0.25) is 0 Å². The molecule has 2 aromatic rings. The molecular formula is C18H22N2O4S. The largest absolute Gasteiger partial charge is 0.496 e. The van der Waals surface area contributed by atoms with E-state index in [0.29, 0.717) is 12.1 Å². The van der Waals surface area contributed by atoms with E-state index in [4.69, 9.17) is 4.74 Å². The molecule has 1 aromatic carbocycles. The van der Waals surface area contributed by atoms with Gasteiger partial charge in [-0.05, 0) is 38.1 Å². The first-order chi connectivity index (χ1) is 11.6. The third kappa shape index (κ3) is 4.17. The SMILES string of the molecule is COc1c(C)cnc(CN(C)C(=O)c2ccc(S(C)(=O)=O)cc2)c1C. The number of carbonyl (C=O) groups excluding carboxylic acids is 1. The number of amides is 1. The highest BCUT2D eigenvalue weighted by atomic mass is 32.2. The van der Waals surface area contributed by atoms with Gasteiger partial charge in [0.1, 0.15) is 5.75 Å². The fourth-order valence-corrected chi connectivity index (χ4v) is 3.22. The Morgan fingerprint density at radius 1 is 1.20 bits per heavy atom. The minimum Gasteiger partial charge on any atom is -0.496 e. The Labute approximate surface area is 148 Å². The maximum atomic E-state index is 12.6. The van der Waals surface area contributed by atoms with Crippen LogP contribution in [0, 0.1) is 13.8 Å². The van der Waals surface area contributed by atoms with Crippen LogP contribution in [-0.2, 0) is 16.4 Å². The second-order valence-corrected chi connectivity index (χ2v) is 8.02. The summed E-state index contributed by atoms with van der Waals surface area (Å²) in [4.78, 5) is 18.7. The van der Waals surface area contributed by atoms with Crippen molar-refractivity contribution in [2.45, 2.75) is 25.3 Å². The maximum Gasteiger partial charge on any atom is 0.253 e. The smallest absolute Gasteiger partial charge is 0.253 e. The van der Waals surface area contributed by atoms with Crippen molar-refractivity contribution in [3.63, 3.8) is 0 Å². The highest BCUT2D eigenvalue weighted by molar-refractivity contribution is 7.90. The Hall–Kier alpha value is -2.41. The summed E-state index contributed by atoms with van der Waals surface area (Å²) in [6, 6.07) is 5.92. The second-order valence-electron chi connectivity index (χ2n) is 6.00. The van der Waals surface area contributed by atoms with Crippen molar-refractivity contribution in [2.24, 2.45) is 0 Å². The van der Waals surface area contributed by atoms with E-state index in [2.05, 4.69) is 4.98 Å². The predicted molar refractivity (Wildman–Crippen MR) is 95.6 cm³/mol. The van der Waals surface area contributed by atoms with E-state index in [0.717, 1.165) is 28.8 Å². The molecule has 0 spiro atoms. The summed E-state index contributed by atoms with van der Waals surface area (Å²) >= 11 is 0. The molecular weight excluding hydrogens is 340 g/mol. The van der Waals surface area contributed by atoms with E-state index in [9.17, 15) is 13.2 Å². The Morgan fingerprint density at radius 2 is 1.80 bits per heavy atom. The summed E-state index contributed by atoms with van der Waals surface area (Å²) < 4.78 is 28.4. The number of aryl methyl sites for hydroxylation is 1. The van der Waals surface area contributed by atoms with Crippen molar-refractivity contribution in [1.82, 2.24) is 9.88 Å². The predicted octanol–water partition coefficient (Wildman–Crippen LogP) is 2.38. The van der Waals surface area contributed by atoms with E-state index in [1.54, 1.807) is 25.3 Å². The number of pyridine rings is 1. The third-order valence-corrected chi connectivity index (χ3v) is 5.14.